The largest absolute Gasteiger partial charge is 0.370 e. The van der Waals surface area contributed by atoms with Crippen molar-refractivity contribution in [2.75, 3.05) is 6.54 Å². The molecule has 118 valence electrons. The molecule has 1 rings (SSSR count). The van der Waals surface area contributed by atoms with Crippen molar-refractivity contribution in [1.82, 2.24) is 0 Å². The Morgan fingerprint density at radius 1 is 1.00 bits per heavy atom. The highest BCUT2D eigenvalue weighted by Gasteiger charge is 2.25. The Labute approximate surface area is 128 Å². The molecule has 22 heavy (non-hydrogen) atoms. The van der Waals surface area contributed by atoms with Gasteiger partial charge in [-0.05, 0) is 12.8 Å². The first-order chi connectivity index (χ1) is 10.4. The summed E-state index contributed by atoms with van der Waals surface area (Å²) < 4.78 is 0. The minimum absolute atomic E-state index is 0.0370. The average Bonchev–Trinajstić information content (AvgIpc) is 2.49. The number of nitrogens with zero attached hydrogens (tertiary/aromatic N) is 2. The number of Topliss-reactive ketones (excluding diaryl/α,β-unsaturated/α-hetero) is 2. The van der Waals surface area contributed by atoms with Gasteiger partial charge in [0.15, 0.2) is 11.9 Å². The lowest BCUT2D eigenvalue weighted by Crippen LogP contribution is -2.33. The van der Waals surface area contributed by atoms with Crippen molar-refractivity contribution in [3.8, 4) is 0 Å². The summed E-state index contributed by atoms with van der Waals surface area (Å²) in [5.74, 6) is -1.58. The molecule has 1 atom stereocenters. The Bertz CT molecular complexity index is 574. The predicted octanol–water partition coefficient (Wildman–Crippen LogP) is -0.866. The molecular weight excluding hydrogens is 284 g/mol. The first kappa shape index (κ1) is 17.2. The van der Waals surface area contributed by atoms with E-state index in [9.17, 15) is 9.59 Å². The molecule has 0 radical (unpaired) electrons. The third-order valence-electron chi connectivity index (χ3n) is 2.80. The van der Waals surface area contributed by atoms with Crippen molar-refractivity contribution in [3.05, 3.63) is 35.9 Å². The van der Waals surface area contributed by atoms with Crippen molar-refractivity contribution >= 4 is 23.5 Å². The van der Waals surface area contributed by atoms with Crippen LogP contribution in [0.4, 0.5) is 0 Å². The van der Waals surface area contributed by atoms with Crippen LogP contribution >= 0.6 is 0 Å². The minimum Gasteiger partial charge on any atom is -0.370 e. The van der Waals surface area contributed by atoms with Crippen LogP contribution in [-0.4, -0.2) is 36.1 Å². The van der Waals surface area contributed by atoms with E-state index in [2.05, 4.69) is 9.98 Å². The van der Waals surface area contributed by atoms with Crippen LogP contribution in [-0.2, 0) is 4.79 Å². The highest BCUT2D eigenvalue weighted by atomic mass is 16.2. The maximum atomic E-state index is 12.3. The van der Waals surface area contributed by atoms with Gasteiger partial charge in [-0.1, -0.05) is 30.3 Å². The molecule has 1 unspecified atom stereocenters. The standard InChI is InChI=1S/C14H20N6O2/c15-13(16)19-8-4-7-10(20-14(17)18)12(22)11(21)9-5-2-1-3-6-9/h1-3,5-6,10H,4,7-8H2,(H4,15,16,19)(H4,17,18,20). The van der Waals surface area contributed by atoms with Gasteiger partial charge in [0.25, 0.3) is 0 Å². The lowest BCUT2D eigenvalue weighted by Gasteiger charge is -2.10. The van der Waals surface area contributed by atoms with E-state index in [1.165, 1.54) is 0 Å². The summed E-state index contributed by atoms with van der Waals surface area (Å²) >= 11 is 0. The molecule has 0 spiro atoms. The van der Waals surface area contributed by atoms with E-state index >= 15 is 0 Å². The zero-order valence-electron chi connectivity index (χ0n) is 12.1. The third kappa shape index (κ3) is 5.61. The lowest BCUT2D eigenvalue weighted by molar-refractivity contribution is -0.116. The fourth-order valence-corrected chi connectivity index (χ4v) is 1.81. The molecule has 0 fully saturated rings. The zero-order valence-corrected chi connectivity index (χ0v) is 12.1. The fourth-order valence-electron chi connectivity index (χ4n) is 1.81. The number of nitrogens with two attached hydrogens (primary N) is 4. The number of rotatable bonds is 8. The van der Waals surface area contributed by atoms with Crippen molar-refractivity contribution in [2.24, 2.45) is 32.9 Å². The molecule has 1 aromatic rings. The van der Waals surface area contributed by atoms with Gasteiger partial charge in [0.05, 0.1) is 0 Å². The van der Waals surface area contributed by atoms with Crippen LogP contribution in [0.3, 0.4) is 0 Å². The molecule has 0 aromatic heterocycles. The number of benzene rings is 1. The number of hydrogen-bond donors (Lipinski definition) is 4. The monoisotopic (exact) mass is 304 g/mol. The number of aliphatic imine (C=N–C) groups is 2. The molecule has 8 heteroatoms. The Morgan fingerprint density at radius 3 is 2.18 bits per heavy atom. The van der Waals surface area contributed by atoms with Crippen LogP contribution in [0.1, 0.15) is 23.2 Å². The van der Waals surface area contributed by atoms with Gasteiger partial charge < -0.3 is 22.9 Å². The molecule has 0 heterocycles. The van der Waals surface area contributed by atoms with E-state index < -0.39 is 17.6 Å². The van der Waals surface area contributed by atoms with Gasteiger partial charge in [0.1, 0.15) is 6.04 Å². The highest BCUT2D eigenvalue weighted by molar-refractivity contribution is 6.45. The van der Waals surface area contributed by atoms with Crippen LogP contribution in [0.15, 0.2) is 40.3 Å². The maximum absolute atomic E-state index is 12.3. The molecule has 8 N–H and O–H groups in total. The topological polar surface area (TPSA) is 163 Å². The third-order valence-corrected chi connectivity index (χ3v) is 2.80. The predicted molar refractivity (Wildman–Crippen MR) is 85.3 cm³/mol. The molecule has 8 nitrogen and oxygen atoms in total. The van der Waals surface area contributed by atoms with Gasteiger partial charge in [-0.3, -0.25) is 14.6 Å². The van der Waals surface area contributed by atoms with Gasteiger partial charge in [-0.25, -0.2) is 4.99 Å². The first-order valence-electron chi connectivity index (χ1n) is 6.69. The summed E-state index contributed by atoms with van der Waals surface area (Å²) in [6, 6.07) is 7.29. The summed E-state index contributed by atoms with van der Waals surface area (Å²) in [6.07, 6.45) is 0.735. The summed E-state index contributed by atoms with van der Waals surface area (Å²) in [7, 11) is 0. The first-order valence-corrected chi connectivity index (χ1v) is 6.69. The van der Waals surface area contributed by atoms with Gasteiger partial charge in [-0.15, -0.1) is 0 Å². The second-order valence-corrected chi connectivity index (χ2v) is 4.58. The highest BCUT2D eigenvalue weighted by Crippen LogP contribution is 2.09. The van der Waals surface area contributed by atoms with Gasteiger partial charge in [0, 0.05) is 12.1 Å². The smallest absolute Gasteiger partial charge is 0.230 e. The molecule has 0 aliphatic rings. The minimum atomic E-state index is -0.938. The number of hydrogen-bond acceptors (Lipinski definition) is 4. The molecule has 0 bridgehead atoms. The van der Waals surface area contributed by atoms with E-state index in [4.69, 9.17) is 22.9 Å². The van der Waals surface area contributed by atoms with Crippen LogP contribution in [0, 0.1) is 0 Å². The second-order valence-electron chi connectivity index (χ2n) is 4.58. The van der Waals surface area contributed by atoms with E-state index in [0.717, 1.165) is 0 Å². The zero-order chi connectivity index (χ0) is 16.5. The van der Waals surface area contributed by atoms with E-state index in [0.29, 0.717) is 18.5 Å². The van der Waals surface area contributed by atoms with Crippen LogP contribution in [0.25, 0.3) is 0 Å². The van der Waals surface area contributed by atoms with Crippen LogP contribution < -0.4 is 22.9 Å². The lowest BCUT2D eigenvalue weighted by atomic mass is 9.99. The van der Waals surface area contributed by atoms with E-state index in [1.54, 1.807) is 30.3 Å². The normalized spacial score (nSPS) is 11.3. The van der Waals surface area contributed by atoms with E-state index in [-0.39, 0.29) is 18.3 Å². The SMILES string of the molecule is NC(N)=NCCCC(N=C(N)N)C(=O)C(=O)c1ccccc1. The summed E-state index contributed by atoms with van der Waals surface area (Å²) in [5.41, 5.74) is 21.4. The molecule has 0 aliphatic heterocycles. The summed E-state index contributed by atoms with van der Waals surface area (Å²) in [5, 5.41) is 0. The van der Waals surface area contributed by atoms with Crippen LogP contribution in [0.2, 0.25) is 0 Å². The molecule has 0 aliphatic carbocycles. The van der Waals surface area contributed by atoms with Crippen molar-refractivity contribution in [3.63, 3.8) is 0 Å². The van der Waals surface area contributed by atoms with Gasteiger partial charge in [0.2, 0.25) is 11.6 Å². The molecular formula is C14H20N6O2. The van der Waals surface area contributed by atoms with Crippen LogP contribution in [0.5, 0.6) is 0 Å². The molecule has 1 aromatic carbocycles. The quantitative estimate of drug-likeness (QED) is 0.160. The van der Waals surface area contributed by atoms with E-state index in [1.807, 2.05) is 0 Å². The maximum Gasteiger partial charge on any atom is 0.230 e. The number of ketones is 2. The summed E-state index contributed by atoms with van der Waals surface area (Å²) in [4.78, 5) is 32.0. The molecule has 0 amide bonds. The van der Waals surface area contributed by atoms with Gasteiger partial charge >= 0.3 is 0 Å². The van der Waals surface area contributed by atoms with Crippen molar-refractivity contribution in [1.29, 1.82) is 0 Å². The Kier molecular flexibility index (Phi) is 6.55. The second kappa shape index (κ2) is 8.40. The number of carbonyl (C=O) groups excluding carboxylic acids is 2. The molecule has 0 saturated carbocycles. The van der Waals surface area contributed by atoms with Crippen molar-refractivity contribution < 1.29 is 9.59 Å². The number of guanidine groups is 2. The Balaban J connectivity index is 2.78. The number of carbonyl (C=O) groups is 2. The Hall–Kier alpha value is -2.90. The van der Waals surface area contributed by atoms with Gasteiger partial charge in [-0.2, -0.15) is 0 Å². The average molecular weight is 304 g/mol. The fraction of sp³-hybridized carbons (Fsp3) is 0.286. The van der Waals surface area contributed by atoms with Crippen molar-refractivity contribution in [2.45, 2.75) is 18.9 Å². The summed E-state index contributed by atoms with van der Waals surface area (Å²) in [6.45, 7) is 0.325. The molecule has 0 saturated heterocycles. The Morgan fingerprint density at radius 2 is 1.64 bits per heavy atom.